The molecule has 1 fully saturated rings. The molecule has 0 aromatic heterocycles. The minimum absolute atomic E-state index is 0.0395. The van der Waals surface area contributed by atoms with E-state index in [1.165, 1.54) is 22.5 Å². The van der Waals surface area contributed by atoms with E-state index in [-0.39, 0.29) is 24.3 Å². The minimum Gasteiger partial charge on any atom is -0.369 e. The number of carbonyl (C=O) groups is 1. The highest BCUT2D eigenvalue weighted by atomic mass is 32.2. The fourth-order valence-electron chi connectivity index (χ4n) is 3.19. The largest absolute Gasteiger partial charge is 0.369 e. The van der Waals surface area contributed by atoms with E-state index in [4.69, 9.17) is 0 Å². The Bertz CT molecular complexity index is 898. The maximum Gasteiger partial charge on any atom is 0.254 e. The Hall–Kier alpha value is -2.45. The lowest BCUT2D eigenvalue weighted by Gasteiger charge is -2.35. The zero-order chi connectivity index (χ0) is 20.0. The van der Waals surface area contributed by atoms with Gasteiger partial charge in [-0.2, -0.15) is 4.31 Å². The Morgan fingerprint density at radius 2 is 1.61 bits per heavy atom. The van der Waals surface area contributed by atoms with Gasteiger partial charge in [-0.3, -0.25) is 4.79 Å². The van der Waals surface area contributed by atoms with Crippen molar-refractivity contribution in [3.8, 4) is 0 Å². The van der Waals surface area contributed by atoms with E-state index >= 15 is 0 Å². The fourth-order valence-corrected chi connectivity index (χ4v) is 4.68. The van der Waals surface area contributed by atoms with Gasteiger partial charge in [0.25, 0.3) is 5.91 Å². The van der Waals surface area contributed by atoms with Crippen LogP contribution in [-0.4, -0.2) is 57.1 Å². The highest BCUT2D eigenvalue weighted by molar-refractivity contribution is 7.89. The zero-order valence-corrected chi connectivity index (χ0v) is 16.4. The average molecular weight is 405 g/mol. The molecule has 0 aliphatic carbocycles. The lowest BCUT2D eigenvalue weighted by Crippen LogP contribution is -2.49. The maximum atomic E-state index is 13.6. The normalized spacial score (nSPS) is 15.4. The maximum absolute atomic E-state index is 13.6. The number of amides is 1. The molecule has 1 amide bonds. The predicted octanol–water partition coefficient (Wildman–Crippen LogP) is 2.10. The van der Waals surface area contributed by atoms with Crippen molar-refractivity contribution in [2.75, 3.05) is 43.4 Å². The molecule has 0 saturated carbocycles. The summed E-state index contributed by atoms with van der Waals surface area (Å²) in [6.45, 7) is 2.36. The van der Waals surface area contributed by atoms with Crippen LogP contribution in [0.1, 0.15) is 16.8 Å². The van der Waals surface area contributed by atoms with Gasteiger partial charge in [0, 0.05) is 38.4 Å². The standard InChI is InChI=1S/C20H24FN3O3S/c21-19-10-5-4-9-18(19)20(25)22-11-6-16-28(26,27)24-14-12-23(13-15-24)17-7-2-1-3-8-17/h1-5,7-10H,6,11-16H2,(H,22,25). The monoisotopic (exact) mass is 405 g/mol. The highest BCUT2D eigenvalue weighted by Gasteiger charge is 2.26. The van der Waals surface area contributed by atoms with Gasteiger partial charge in [-0.15, -0.1) is 0 Å². The Kier molecular flexibility index (Phi) is 6.64. The van der Waals surface area contributed by atoms with Crippen molar-refractivity contribution in [2.45, 2.75) is 6.42 Å². The van der Waals surface area contributed by atoms with Gasteiger partial charge in [0.15, 0.2) is 0 Å². The van der Waals surface area contributed by atoms with Crippen LogP contribution in [0.5, 0.6) is 0 Å². The molecule has 150 valence electrons. The predicted molar refractivity (Wildman–Crippen MR) is 107 cm³/mol. The molecule has 28 heavy (non-hydrogen) atoms. The molecule has 2 aromatic carbocycles. The summed E-state index contributed by atoms with van der Waals surface area (Å²) in [7, 11) is -3.38. The fraction of sp³-hybridized carbons (Fsp3) is 0.350. The molecule has 1 heterocycles. The summed E-state index contributed by atoms with van der Waals surface area (Å²) < 4.78 is 40.1. The number of para-hydroxylation sites is 1. The van der Waals surface area contributed by atoms with E-state index in [0.717, 1.165) is 5.69 Å². The first-order valence-electron chi connectivity index (χ1n) is 9.28. The number of hydrogen-bond donors (Lipinski definition) is 1. The Balaban J connectivity index is 1.43. The molecule has 1 saturated heterocycles. The molecule has 0 spiro atoms. The van der Waals surface area contributed by atoms with E-state index in [2.05, 4.69) is 10.2 Å². The lowest BCUT2D eigenvalue weighted by atomic mass is 10.2. The molecule has 0 atom stereocenters. The van der Waals surface area contributed by atoms with Crippen molar-refractivity contribution >= 4 is 21.6 Å². The van der Waals surface area contributed by atoms with Gasteiger partial charge in [0.2, 0.25) is 10.0 Å². The smallest absolute Gasteiger partial charge is 0.254 e. The molecule has 1 N–H and O–H groups in total. The number of hydrogen-bond acceptors (Lipinski definition) is 4. The summed E-state index contributed by atoms with van der Waals surface area (Å²) in [6.07, 6.45) is 0.279. The van der Waals surface area contributed by atoms with Gasteiger partial charge in [0.1, 0.15) is 5.82 Å². The second-order valence-corrected chi connectivity index (χ2v) is 8.72. The zero-order valence-electron chi connectivity index (χ0n) is 15.6. The summed E-state index contributed by atoms with van der Waals surface area (Å²) in [5, 5.41) is 2.57. The van der Waals surface area contributed by atoms with Gasteiger partial charge in [-0.25, -0.2) is 12.8 Å². The average Bonchev–Trinajstić information content (AvgIpc) is 2.72. The van der Waals surface area contributed by atoms with Crippen LogP contribution in [0.2, 0.25) is 0 Å². The molecular weight excluding hydrogens is 381 g/mol. The summed E-state index contributed by atoms with van der Waals surface area (Å²) in [5.74, 6) is -1.17. The molecule has 0 unspecified atom stereocenters. The number of nitrogens with one attached hydrogen (secondary N) is 1. The molecule has 8 heteroatoms. The number of sulfonamides is 1. The van der Waals surface area contributed by atoms with Gasteiger partial charge >= 0.3 is 0 Å². The topological polar surface area (TPSA) is 69.7 Å². The van der Waals surface area contributed by atoms with E-state index < -0.39 is 21.7 Å². The van der Waals surface area contributed by atoms with E-state index in [1.54, 1.807) is 6.07 Å². The third kappa shape index (κ3) is 5.08. The number of piperazine rings is 1. The number of halogens is 1. The molecule has 1 aliphatic rings. The van der Waals surface area contributed by atoms with Gasteiger partial charge in [-0.1, -0.05) is 30.3 Å². The van der Waals surface area contributed by atoms with Crippen molar-refractivity contribution in [1.82, 2.24) is 9.62 Å². The van der Waals surface area contributed by atoms with Crippen molar-refractivity contribution in [3.63, 3.8) is 0 Å². The van der Waals surface area contributed by atoms with Crippen molar-refractivity contribution in [3.05, 3.63) is 66.0 Å². The summed E-state index contributed by atoms with van der Waals surface area (Å²) in [4.78, 5) is 14.1. The Labute approximate surface area is 165 Å². The summed E-state index contributed by atoms with van der Waals surface area (Å²) in [5.41, 5.74) is 1.05. The first kappa shape index (κ1) is 20.3. The van der Waals surface area contributed by atoms with Crippen LogP contribution in [-0.2, 0) is 10.0 Å². The van der Waals surface area contributed by atoms with Gasteiger partial charge < -0.3 is 10.2 Å². The van der Waals surface area contributed by atoms with Crippen molar-refractivity contribution < 1.29 is 17.6 Å². The SMILES string of the molecule is O=C(NCCCS(=O)(=O)N1CCN(c2ccccc2)CC1)c1ccccc1F. The van der Waals surface area contributed by atoms with Crippen LogP contribution in [0.4, 0.5) is 10.1 Å². The quantitative estimate of drug-likeness (QED) is 0.717. The molecule has 3 rings (SSSR count). The van der Waals surface area contributed by atoms with E-state index in [0.29, 0.717) is 26.2 Å². The molecule has 0 radical (unpaired) electrons. The first-order chi connectivity index (χ1) is 13.5. The van der Waals surface area contributed by atoms with Crippen molar-refractivity contribution in [1.29, 1.82) is 0 Å². The third-order valence-corrected chi connectivity index (χ3v) is 6.69. The first-order valence-corrected chi connectivity index (χ1v) is 10.9. The number of anilines is 1. The Morgan fingerprint density at radius 3 is 2.29 bits per heavy atom. The van der Waals surface area contributed by atoms with Crippen LogP contribution in [0.3, 0.4) is 0 Å². The number of nitrogens with zero attached hydrogens (tertiary/aromatic N) is 2. The molecule has 0 bridgehead atoms. The van der Waals surface area contributed by atoms with Gasteiger partial charge in [0.05, 0.1) is 11.3 Å². The lowest BCUT2D eigenvalue weighted by molar-refractivity contribution is 0.0949. The summed E-state index contributed by atoms with van der Waals surface area (Å²) in [6, 6.07) is 15.6. The van der Waals surface area contributed by atoms with Gasteiger partial charge in [-0.05, 0) is 30.7 Å². The van der Waals surface area contributed by atoms with Crippen LogP contribution in [0.15, 0.2) is 54.6 Å². The second-order valence-electron chi connectivity index (χ2n) is 6.63. The number of rotatable bonds is 7. The molecule has 2 aromatic rings. The Morgan fingerprint density at radius 1 is 0.964 bits per heavy atom. The van der Waals surface area contributed by atoms with Crippen LogP contribution in [0, 0.1) is 5.82 Å². The number of benzene rings is 2. The van der Waals surface area contributed by atoms with Crippen LogP contribution >= 0.6 is 0 Å². The second kappa shape index (κ2) is 9.16. The summed E-state index contributed by atoms with van der Waals surface area (Å²) >= 11 is 0. The highest BCUT2D eigenvalue weighted by Crippen LogP contribution is 2.17. The van der Waals surface area contributed by atoms with E-state index in [1.807, 2.05) is 30.3 Å². The van der Waals surface area contributed by atoms with Crippen LogP contribution in [0.25, 0.3) is 0 Å². The molecule has 6 nitrogen and oxygen atoms in total. The van der Waals surface area contributed by atoms with Crippen molar-refractivity contribution in [2.24, 2.45) is 0 Å². The number of carbonyl (C=O) groups excluding carboxylic acids is 1. The van der Waals surface area contributed by atoms with E-state index in [9.17, 15) is 17.6 Å². The molecule has 1 aliphatic heterocycles. The minimum atomic E-state index is -3.38. The molecular formula is C20H24FN3O3S. The van der Waals surface area contributed by atoms with Crippen LogP contribution < -0.4 is 10.2 Å². The third-order valence-electron chi connectivity index (χ3n) is 4.74.